The molecule has 0 aromatic heterocycles. The number of carbonyl (C=O) groups excluding carboxylic acids is 1. The third-order valence-corrected chi connectivity index (χ3v) is 3.47. The lowest BCUT2D eigenvalue weighted by Crippen LogP contribution is -2.19. The van der Waals surface area contributed by atoms with Crippen LogP contribution in [0.4, 0.5) is 20.6 Å². The predicted molar refractivity (Wildman–Crippen MR) is 85.8 cm³/mol. The number of benzene rings is 2. The van der Waals surface area contributed by atoms with Crippen molar-refractivity contribution in [2.45, 2.75) is 13.0 Å². The van der Waals surface area contributed by atoms with E-state index in [2.05, 4.69) is 26.6 Å². The highest BCUT2D eigenvalue weighted by Crippen LogP contribution is 2.24. The van der Waals surface area contributed by atoms with Crippen molar-refractivity contribution in [2.75, 3.05) is 10.6 Å². The number of hydrogen-bond donors (Lipinski definition) is 3. The number of carbonyl (C=O) groups is 1. The molecule has 2 aromatic carbocycles. The topological polar surface area (TPSA) is 67.2 Å². The molecule has 2 amide bonds. The summed E-state index contributed by atoms with van der Waals surface area (Å²) in [5.41, 5.74) is 7.06. The van der Waals surface area contributed by atoms with E-state index >= 15 is 0 Å². The van der Waals surface area contributed by atoms with Crippen LogP contribution in [0.5, 0.6) is 0 Å². The number of nitrogens with two attached hydrogens (primary N) is 1. The molecule has 110 valence electrons. The van der Waals surface area contributed by atoms with E-state index in [-0.39, 0.29) is 11.9 Å². The van der Waals surface area contributed by atoms with Crippen molar-refractivity contribution in [3.05, 3.63) is 58.3 Å². The van der Waals surface area contributed by atoms with E-state index < -0.39 is 6.03 Å². The van der Waals surface area contributed by atoms with Crippen molar-refractivity contribution in [1.29, 1.82) is 0 Å². The summed E-state index contributed by atoms with van der Waals surface area (Å²) in [4.78, 5) is 10.7. The van der Waals surface area contributed by atoms with Crippen molar-refractivity contribution in [3.63, 3.8) is 0 Å². The molecule has 0 spiro atoms. The van der Waals surface area contributed by atoms with Gasteiger partial charge < -0.3 is 16.4 Å². The van der Waals surface area contributed by atoms with E-state index in [9.17, 15) is 9.18 Å². The molecule has 0 radical (unpaired) electrons. The van der Waals surface area contributed by atoms with Gasteiger partial charge in [-0.25, -0.2) is 9.18 Å². The Morgan fingerprint density at radius 2 is 1.90 bits per heavy atom. The smallest absolute Gasteiger partial charge is 0.316 e. The second kappa shape index (κ2) is 6.58. The largest absolute Gasteiger partial charge is 0.376 e. The second-order valence-electron chi connectivity index (χ2n) is 4.60. The average Bonchev–Trinajstić information content (AvgIpc) is 2.42. The van der Waals surface area contributed by atoms with Gasteiger partial charge in [0, 0.05) is 16.2 Å². The second-order valence-corrected chi connectivity index (χ2v) is 5.52. The molecular weight excluding hydrogens is 337 g/mol. The first-order chi connectivity index (χ1) is 9.95. The summed E-state index contributed by atoms with van der Waals surface area (Å²) in [5.74, 6) is -0.316. The number of anilines is 2. The van der Waals surface area contributed by atoms with Crippen LogP contribution in [0.15, 0.2) is 46.9 Å². The van der Waals surface area contributed by atoms with E-state index in [0.717, 1.165) is 5.56 Å². The fourth-order valence-electron chi connectivity index (χ4n) is 1.92. The van der Waals surface area contributed by atoms with E-state index in [4.69, 9.17) is 5.73 Å². The van der Waals surface area contributed by atoms with Crippen molar-refractivity contribution >= 4 is 33.3 Å². The van der Waals surface area contributed by atoms with Gasteiger partial charge in [0.2, 0.25) is 0 Å². The van der Waals surface area contributed by atoms with Crippen LogP contribution in [0.2, 0.25) is 0 Å². The van der Waals surface area contributed by atoms with Gasteiger partial charge in [-0.2, -0.15) is 0 Å². The zero-order chi connectivity index (χ0) is 15.4. The Bertz CT molecular complexity index is 646. The normalized spacial score (nSPS) is 11.8. The van der Waals surface area contributed by atoms with Crippen LogP contribution in [0.1, 0.15) is 18.5 Å². The van der Waals surface area contributed by atoms with Crippen molar-refractivity contribution in [1.82, 2.24) is 0 Å². The number of halogens is 2. The van der Waals surface area contributed by atoms with Crippen LogP contribution in [-0.4, -0.2) is 6.03 Å². The van der Waals surface area contributed by atoms with Crippen LogP contribution < -0.4 is 16.4 Å². The van der Waals surface area contributed by atoms with Gasteiger partial charge in [-0.1, -0.05) is 28.1 Å². The zero-order valence-electron chi connectivity index (χ0n) is 11.4. The molecule has 0 saturated carbocycles. The van der Waals surface area contributed by atoms with Gasteiger partial charge in [0.05, 0.1) is 5.69 Å². The van der Waals surface area contributed by atoms with Gasteiger partial charge in [-0.05, 0) is 42.8 Å². The Balaban J connectivity index is 2.09. The molecule has 2 rings (SSSR count). The summed E-state index contributed by atoms with van der Waals surface area (Å²) in [7, 11) is 0. The first-order valence-electron chi connectivity index (χ1n) is 6.33. The Hall–Kier alpha value is -2.08. The Labute approximate surface area is 130 Å². The lowest BCUT2D eigenvalue weighted by Gasteiger charge is -2.17. The van der Waals surface area contributed by atoms with Crippen molar-refractivity contribution < 1.29 is 9.18 Å². The van der Waals surface area contributed by atoms with E-state index in [1.165, 1.54) is 6.07 Å². The highest BCUT2D eigenvalue weighted by Gasteiger charge is 2.09. The molecule has 0 aliphatic rings. The van der Waals surface area contributed by atoms with Crippen LogP contribution in [0.3, 0.4) is 0 Å². The fraction of sp³-hybridized carbons (Fsp3) is 0.133. The van der Waals surface area contributed by atoms with Gasteiger partial charge in [-0.3, -0.25) is 0 Å². The quantitative estimate of drug-likeness (QED) is 0.770. The minimum atomic E-state index is -0.606. The monoisotopic (exact) mass is 351 g/mol. The number of amides is 2. The highest BCUT2D eigenvalue weighted by atomic mass is 79.9. The van der Waals surface area contributed by atoms with Crippen LogP contribution >= 0.6 is 15.9 Å². The maximum atomic E-state index is 13.8. The first-order valence-corrected chi connectivity index (χ1v) is 7.13. The molecule has 0 aliphatic carbocycles. The van der Waals surface area contributed by atoms with Gasteiger partial charge in [0.1, 0.15) is 5.82 Å². The van der Waals surface area contributed by atoms with Gasteiger partial charge in [-0.15, -0.1) is 0 Å². The number of rotatable bonds is 4. The maximum absolute atomic E-state index is 13.8. The van der Waals surface area contributed by atoms with Crippen molar-refractivity contribution in [3.8, 4) is 0 Å². The number of primary amides is 1. The Morgan fingerprint density at radius 1 is 1.24 bits per heavy atom. The summed E-state index contributed by atoms with van der Waals surface area (Å²) in [6.45, 7) is 1.93. The minimum absolute atomic E-state index is 0.0803. The summed E-state index contributed by atoms with van der Waals surface area (Å²) >= 11 is 3.22. The molecule has 2 aromatic rings. The fourth-order valence-corrected chi connectivity index (χ4v) is 2.25. The third kappa shape index (κ3) is 4.19. The maximum Gasteiger partial charge on any atom is 0.316 e. The molecule has 0 saturated heterocycles. The highest BCUT2D eigenvalue weighted by molar-refractivity contribution is 9.10. The SMILES string of the molecule is CC(Nc1ccc(Br)cc1F)c1ccc(NC(N)=O)cc1. The molecule has 0 heterocycles. The molecule has 0 fully saturated rings. The molecule has 21 heavy (non-hydrogen) atoms. The molecular formula is C15H15BrFN3O. The first kappa shape index (κ1) is 15.3. The van der Waals surface area contributed by atoms with Crippen LogP contribution in [-0.2, 0) is 0 Å². The standard InChI is InChI=1S/C15H15BrFN3O/c1-9(19-14-7-4-11(16)8-13(14)17)10-2-5-12(6-3-10)20-15(18)21/h2-9,19H,1H3,(H3,18,20,21). The molecule has 0 bridgehead atoms. The average molecular weight is 352 g/mol. The van der Waals surface area contributed by atoms with Gasteiger partial charge in [0.15, 0.2) is 0 Å². The van der Waals surface area contributed by atoms with E-state index in [0.29, 0.717) is 15.8 Å². The summed E-state index contributed by atoms with van der Waals surface area (Å²) < 4.78 is 14.5. The molecule has 4 nitrogen and oxygen atoms in total. The minimum Gasteiger partial charge on any atom is -0.376 e. The summed E-state index contributed by atoms with van der Waals surface area (Å²) in [6, 6.07) is 11.4. The van der Waals surface area contributed by atoms with Crippen molar-refractivity contribution in [2.24, 2.45) is 5.73 Å². The molecule has 1 unspecified atom stereocenters. The number of hydrogen-bond acceptors (Lipinski definition) is 2. The molecule has 6 heteroatoms. The molecule has 1 atom stereocenters. The molecule has 4 N–H and O–H groups in total. The van der Waals surface area contributed by atoms with E-state index in [1.807, 2.05) is 19.1 Å². The van der Waals surface area contributed by atoms with Crippen LogP contribution in [0, 0.1) is 5.82 Å². The van der Waals surface area contributed by atoms with E-state index in [1.54, 1.807) is 24.3 Å². The van der Waals surface area contributed by atoms with Gasteiger partial charge >= 0.3 is 6.03 Å². The zero-order valence-corrected chi connectivity index (χ0v) is 12.9. The number of nitrogens with one attached hydrogen (secondary N) is 2. The molecule has 0 aliphatic heterocycles. The Morgan fingerprint density at radius 3 is 2.48 bits per heavy atom. The predicted octanol–water partition coefficient (Wildman–Crippen LogP) is 4.25. The summed E-state index contributed by atoms with van der Waals surface area (Å²) in [6.07, 6.45) is 0. The summed E-state index contributed by atoms with van der Waals surface area (Å²) in [5, 5.41) is 5.60. The number of urea groups is 1. The van der Waals surface area contributed by atoms with Crippen LogP contribution in [0.25, 0.3) is 0 Å². The Kier molecular flexibility index (Phi) is 4.80. The third-order valence-electron chi connectivity index (χ3n) is 2.98. The van der Waals surface area contributed by atoms with Gasteiger partial charge in [0.25, 0.3) is 0 Å². The lowest BCUT2D eigenvalue weighted by molar-refractivity contribution is 0.259. The lowest BCUT2D eigenvalue weighted by atomic mass is 10.1.